The molecule has 0 spiro atoms. The van der Waals surface area contributed by atoms with Gasteiger partial charge in [0.15, 0.2) is 0 Å². The topological polar surface area (TPSA) is 41.4 Å². The van der Waals surface area contributed by atoms with E-state index in [2.05, 4.69) is 17.0 Å². The highest BCUT2D eigenvalue weighted by molar-refractivity contribution is 6.33. The van der Waals surface area contributed by atoms with Gasteiger partial charge < -0.3 is 9.80 Å². The number of aryl methyl sites for hydroxylation is 1. The van der Waals surface area contributed by atoms with Crippen molar-refractivity contribution < 1.29 is 4.79 Å². The van der Waals surface area contributed by atoms with Crippen molar-refractivity contribution in [2.24, 2.45) is 0 Å². The zero-order valence-corrected chi connectivity index (χ0v) is 15.3. The number of rotatable bonds is 3. The zero-order valence-electron chi connectivity index (χ0n) is 13.8. The van der Waals surface area contributed by atoms with Gasteiger partial charge in [-0.3, -0.25) is 4.79 Å². The van der Waals surface area contributed by atoms with Crippen LogP contribution in [0.4, 0.5) is 0 Å². The lowest BCUT2D eigenvalue weighted by Crippen LogP contribution is -2.47. The van der Waals surface area contributed by atoms with E-state index < -0.39 is 0 Å². The molecule has 0 unspecified atom stereocenters. The fraction of sp³-hybridized carbons (Fsp3) is 0.412. The molecule has 24 heavy (non-hydrogen) atoms. The Bertz CT molecular complexity index is 751. The molecule has 5 nitrogen and oxygen atoms in total. The fourth-order valence-corrected chi connectivity index (χ4v) is 3.37. The van der Waals surface area contributed by atoms with Gasteiger partial charge in [0, 0.05) is 31.2 Å². The molecule has 2 aromatic rings. The van der Waals surface area contributed by atoms with Gasteiger partial charge in [0.05, 0.1) is 17.8 Å². The molecule has 1 aromatic carbocycles. The summed E-state index contributed by atoms with van der Waals surface area (Å²) in [7, 11) is 2.06. The first-order valence-electron chi connectivity index (χ1n) is 7.91. The number of carbonyl (C=O) groups is 1. The van der Waals surface area contributed by atoms with Crippen LogP contribution >= 0.6 is 23.2 Å². The second kappa shape index (κ2) is 7.13. The zero-order chi connectivity index (χ0) is 17.3. The largest absolute Gasteiger partial charge is 0.336 e. The number of piperazine rings is 1. The molecule has 0 N–H and O–H groups in total. The molecule has 0 aliphatic carbocycles. The molecule has 0 saturated carbocycles. The van der Waals surface area contributed by atoms with E-state index in [0.29, 0.717) is 41.1 Å². The standard InChI is InChI=1S/C17H20Cl2N4O/c1-12-15(17(24)22-9-7-21(2)8-10-22)16(19)23(20-12)11-13-5-3-4-6-14(13)18/h3-6H,7-11H2,1-2H3. The SMILES string of the molecule is Cc1nn(Cc2ccccc2Cl)c(Cl)c1C(=O)N1CCN(C)CC1. The van der Waals surface area contributed by atoms with E-state index in [1.54, 1.807) is 4.68 Å². The van der Waals surface area contributed by atoms with Gasteiger partial charge >= 0.3 is 0 Å². The Morgan fingerprint density at radius 3 is 2.50 bits per heavy atom. The van der Waals surface area contributed by atoms with E-state index in [1.165, 1.54) is 0 Å². The third-order valence-corrected chi connectivity index (χ3v) is 5.10. The Labute approximate surface area is 151 Å². The molecule has 1 aliphatic heterocycles. The smallest absolute Gasteiger partial charge is 0.258 e. The molecule has 1 aromatic heterocycles. The lowest BCUT2D eigenvalue weighted by Gasteiger charge is -2.32. The Hall–Kier alpha value is -1.56. The minimum Gasteiger partial charge on any atom is -0.336 e. The maximum Gasteiger partial charge on any atom is 0.258 e. The van der Waals surface area contributed by atoms with Crippen LogP contribution in [0.1, 0.15) is 21.6 Å². The summed E-state index contributed by atoms with van der Waals surface area (Å²) < 4.78 is 1.64. The van der Waals surface area contributed by atoms with E-state index in [0.717, 1.165) is 18.7 Å². The maximum atomic E-state index is 12.8. The third kappa shape index (κ3) is 3.43. The quantitative estimate of drug-likeness (QED) is 0.838. The number of amides is 1. The molecular formula is C17H20Cl2N4O. The van der Waals surface area contributed by atoms with Crippen molar-refractivity contribution in [3.8, 4) is 0 Å². The third-order valence-electron chi connectivity index (χ3n) is 4.35. The van der Waals surface area contributed by atoms with E-state index in [1.807, 2.05) is 36.1 Å². The first kappa shape index (κ1) is 17.3. The average Bonchev–Trinajstić information content (AvgIpc) is 2.84. The van der Waals surface area contributed by atoms with Crippen LogP contribution in [0.15, 0.2) is 24.3 Å². The van der Waals surface area contributed by atoms with E-state index in [-0.39, 0.29) is 5.91 Å². The minimum atomic E-state index is -0.0454. The molecule has 7 heteroatoms. The summed E-state index contributed by atoms with van der Waals surface area (Å²) in [6.07, 6.45) is 0. The van der Waals surface area contributed by atoms with Gasteiger partial charge in [0.25, 0.3) is 5.91 Å². The van der Waals surface area contributed by atoms with E-state index in [4.69, 9.17) is 23.2 Å². The molecule has 1 amide bonds. The summed E-state index contributed by atoms with van der Waals surface area (Å²) in [5.74, 6) is -0.0454. The second-order valence-electron chi connectivity index (χ2n) is 6.10. The first-order valence-corrected chi connectivity index (χ1v) is 8.67. The van der Waals surface area contributed by atoms with Crippen LogP contribution in [0.25, 0.3) is 0 Å². The van der Waals surface area contributed by atoms with Crippen molar-refractivity contribution in [3.63, 3.8) is 0 Å². The summed E-state index contributed by atoms with van der Waals surface area (Å²) in [4.78, 5) is 16.9. The fourth-order valence-electron chi connectivity index (χ4n) is 2.86. The van der Waals surface area contributed by atoms with Crippen molar-refractivity contribution >= 4 is 29.1 Å². The minimum absolute atomic E-state index is 0.0454. The number of benzene rings is 1. The number of carbonyl (C=O) groups excluding carboxylic acids is 1. The number of hydrogen-bond acceptors (Lipinski definition) is 3. The molecule has 1 fully saturated rings. The highest BCUT2D eigenvalue weighted by Gasteiger charge is 2.27. The molecule has 2 heterocycles. The Morgan fingerprint density at radius 2 is 1.83 bits per heavy atom. The van der Waals surface area contributed by atoms with Gasteiger partial charge in [-0.1, -0.05) is 41.4 Å². The van der Waals surface area contributed by atoms with Gasteiger partial charge in [0.2, 0.25) is 0 Å². The van der Waals surface area contributed by atoms with Crippen molar-refractivity contribution in [3.05, 3.63) is 51.3 Å². The highest BCUT2D eigenvalue weighted by Crippen LogP contribution is 2.25. The van der Waals surface area contributed by atoms with Gasteiger partial charge in [-0.25, -0.2) is 4.68 Å². The molecule has 3 rings (SSSR count). The van der Waals surface area contributed by atoms with E-state index in [9.17, 15) is 4.79 Å². The molecule has 0 atom stereocenters. The van der Waals surface area contributed by atoms with Crippen LogP contribution in [-0.2, 0) is 6.54 Å². The lowest BCUT2D eigenvalue weighted by atomic mass is 10.2. The van der Waals surface area contributed by atoms with Crippen LogP contribution in [0.5, 0.6) is 0 Å². The van der Waals surface area contributed by atoms with Gasteiger partial charge in [-0.15, -0.1) is 0 Å². The van der Waals surface area contributed by atoms with Gasteiger partial charge in [-0.2, -0.15) is 5.10 Å². The summed E-state index contributed by atoms with van der Waals surface area (Å²) in [5.41, 5.74) is 2.06. The summed E-state index contributed by atoms with van der Waals surface area (Å²) in [6, 6.07) is 7.56. The summed E-state index contributed by atoms with van der Waals surface area (Å²) in [6.45, 7) is 5.42. The summed E-state index contributed by atoms with van der Waals surface area (Å²) in [5, 5.41) is 5.48. The van der Waals surface area contributed by atoms with Crippen LogP contribution in [0, 0.1) is 6.92 Å². The Kier molecular flexibility index (Phi) is 5.13. The van der Waals surface area contributed by atoms with Crippen LogP contribution < -0.4 is 0 Å². The van der Waals surface area contributed by atoms with Crippen molar-refractivity contribution in [1.82, 2.24) is 19.6 Å². The molecule has 0 bridgehead atoms. The highest BCUT2D eigenvalue weighted by atomic mass is 35.5. The number of likely N-dealkylation sites (N-methyl/N-ethyl adjacent to an activating group) is 1. The van der Waals surface area contributed by atoms with Crippen LogP contribution in [0.2, 0.25) is 10.2 Å². The van der Waals surface area contributed by atoms with Gasteiger partial charge in [-0.05, 0) is 25.6 Å². The average molecular weight is 367 g/mol. The van der Waals surface area contributed by atoms with Crippen molar-refractivity contribution in [2.45, 2.75) is 13.5 Å². The first-order chi connectivity index (χ1) is 11.5. The number of hydrogen-bond donors (Lipinski definition) is 0. The molecule has 1 aliphatic rings. The molecular weight excluding hydrogens is 347 g/mol. The lowest BCUT2D eigenvalue weighted by molar-refractivity contribution is 0.0663. The normalized spacial score (nSPS) is 15.8. The summed E-state index contributed by atoms with van der Waals surface area (Å²) >= 11 is 12.7. The molecule has 0 radical (unpaired) electrons. The predicted octanol–water partition coefficient (Wildman–Crippen LogP) is 2.93. The Morgan fingerprint density at radius 1 is 1.17 bits per heavy atom. The number of nitrogens with zero attached hydrogens (tertiary/aromatic N) is 4. The van der Waals surface area contributed by atoms with Crippen LogP contribution in [-0.4, -0.2) is 58.7 Å². The van der Waals surface area contributed by atoms with E-state index >= 15 is 0 Å². The number of aromatic nitrogens is 2. The monoisotopic (exact) mass is 366 g/mol. The Balaban J connectivity index is 1.84. The molecule has 128 valence electrons. The van der Waals surface area contributed by atoms with Crippen molar-refractivity contribution in [2.75, 3.05) is 33.2 Å². The maximum absolute atomic E-state index is 12.8. The second-order valence-corrected chi connectivity index (χ2v) is 6.86. The van der Waals surface area contributed by atoms with Gasteiger partial charge in [0.1, 0.15) is 5.15 Å². The molecule has 1 saturated heterocycles. The van der Waals surface area contributed by atoms with Crippen molar-refractivity contribution in [1.29, 1.82) is 0 Å². The number of halogens is 2. The predicted molar refractivity (Wildman–Crippen MR) is 95.9 cm³/mol. The van der Waals surface area contributed by atoms with Crippen LogP contribution in [0.3, 0.4) is 0 Å².